The van der Waals surface area contributed by atoms with E-state index in [-0.39, 0.29) is 6.03 Å². The molecule has 3 rings (SSSR count). The lowest BCUT2D eigenvalue weighted by molar-refractivity contribution is 0.252. The molecule has 2 aromatic rings. The molecule has 0 spiro atoms. The fraction of sp³-hybridized carbons (Fsp3) is 0.412. The van der Waals surface area contributed by atoms with E-state index in [9.17, 15) is 4.79 Å². The quantitative estimate of drug-likeness (QED) is 0.809. The Labute approximate surface area is 134 Å². The Kier molecular flexibility index (Phi) is 4.73. The highest BCUT2D eigenvalue weighted by Crippen LogP contribution is 2.24. The van der Waals surface area contributed by atoms with Crippen molar-refractivity contribution in [1.29, 1.82) is 0 Å². The second-order valence-corrected chi connectivity index (χ2v) is 6.89. The average Bonchev–Trinajstić information content (AvgIpc) is 2.87. The molecule has 0 atom stereocenters. The van der Waals surface area contributed by atoms with Crippen LogP contribution in [-0.4, -0.2) is 17.6 Å². The van der Waals surface area contributed by atoms with Crippen LogP contribution in [0.1, 0.15) is 37.1 Å². The first kappa shape index (κ1) is 15.0. The molecule has 22 heavy (non-hydrogen) atoms. The molecule has 1 aromatic carbocycles. The molecule has 5 heteroatoms. The lowest BCUT2D eigenvalue weighted by Gasteiger charge is -2.13. The summed E-state index contributed by atoms with van der Waals surface area (Å²) in [7, 11) is 0. The number of fused-ring (bicyclic) bond motifs is 1. The molecule has 1 heterocycles. The van der Waals surface area contributed by atoms with Gasteiger partial charge in [0.15, 0.2) is 0 Å². The zero-order valence-electron chi connectivity index (χ0n) is 12.8. The molecular weight excluding hydrogens is 294 g/mol. The molecule has 0 saturated heterocycles. The van der Waals surface area contributed by atoms with Gasteiger partial charge in [-0.1, -0.05) is 11.6 Å². The van der Waals surface area contributed by atoms with Gasteiger partial charge < -0.3 is 10.6 Å². The van der Waals surface area contributed by atoms with Crippen molar-refractivity contribution in [3.05, 3.63) is 34.9 Å². The van der Waals surface area contributed by atoms with Crippen molar-refractivity contribution in [2.24, 2.45) is 0 Å². The molecule has 1 aromatic heterocycles. The van der Waals surface area contributed by atoms with Crippen molar-refractivity contribution in [2.75, 3.05) is 11.9 Å². The largest absolute Gasteiger partial charge is 0.338 e. The number of amides is 2. The van der Waals surface area contributed by atoms with E-state index in [0.29, 0.717) is 6.54 Å². The van der Waals surface area contributed by atoms with Crippen molar-refractivity contribution >= 4 is 33.3 Å². The molecule has 116 valence electrons. The third kappa shape index (κ3) is 3.85. The summed E-state index contributed by atoms with van der Waals surface area (Å²) in [6.45, 7) is 2.68. The molecule has 0 fully saturated rings. The van der Waals surface area contributed by atoms with E-state index in [2.05, 4.69) is 21.7 Å². The van der Waals surface area contributed by atoms with Crippen LogP contribution in [0.4, 0.5) is 10.5 Å². The van der Waals surface area contributed by atoms with Gasteiger partial charge in [-0.3, -0.25) is 0 Å². The average molecular weight is 315 g/mol. The van der Waals surface area contributed by atoms with Crippen LogP contribution in [0.15, 0.2) is 29.8 Å². The van der Waals surface area contributed by atoms with Crippen molar-refractivity contribution in [3.63, 3.8) is 0 Å². The molecule has 2 amide bonds. The molecular formula is C17H21N3OS. The lowest BCUT2D eigenvalue weighted by atomic mass is 9.97. The maximum atomic E-state index is 11.9. The summed E-state index contributed by atoms with van der Waals surface area (Å²) in [6.07, 6.45) is 8.23. The third-order valence-electron chi connectivity index (χ3n) is 3.87. The second-order valence-electron chi connectivity index (χ2n) is 5.65. The summed E-state index contributed by atoms with van der Waals surface area (Å²) in [5.41, 5.74) is 3.20. The Morgan fingerprint density at radius 3 is 3.09 bits per heavy atom. The SMILES string of the molecule is Cc1nc2cc(NC(=O)NCCC3=CCCCC3)ccc2s1. The predicted octanol–water partition coefficient (Wildman–Crippen LogP) is 4.62. The number of rotatable bonds is 4. The topological polar surface area (TPSA) is 54.0 Å². The molecule has 1 aliphatic rings. The van der Waals surface area contributed by atoms with Crippen LogP contribution in [0.5, 0.6) is 0 Å². The number of thiazole rings is 1. The molecule has 0 aliphatic heterocycles. The van der Waals surface area contributed by atoms with Gasteiger partial charge in [-0.15, -0.1) is 11.3 Å². The van der Waals surface area contributed by atoms with Crippen LogP contribution in [0.2, 0.25) is 0 Å². The molecule has 0 bridgehead atoms. The number of hydrogen-bond acceptors (Lipinski definition) is 3. The molecule has 0 radical (unpaired) electrons. The Hall–Kier alpha value is -1.88. The highest BCUT2D eigenvalue weighted by atomic mass is 32.1. The van der Waals surface area contributed by atoms with E-state index in [0.717, 1.165) is 27.3 Å². The Morgan fingerprint density at radius 2 is 2.27 bits per heavy atom. The molecule has 2 N–H and O–H groups in total. The van der Waals surface area contributed by atoms with Gasteiger partial charge in [-0.2, -0.15) is 0 Å². The van der Waals surface area contributed by atoms with Crippen LogP contribution in [0, 0.1) is 6.92 Å². The number of benzene rings is 1. The van der Waals surface area contributed by atoms with Crippen molar-refractivity contribution < 1.29 is 4.79 Å². The van der Waals surface area contributed by atoms with Crippen LogP contribution in [0.25, 0.3) is 10.2 Å². The molecule has 0 saturated carbocycles. The van der Waals surface area contributed by atoms with Crippen molar-refractivity contribution in [2.45, 2.75) is 39.0 Å². The smallest absolute Gasteiger partial charge is 0.319 e. The first-order chi connectivity index (χ1) is 10.7. The zero-order valence-corrected chi connectivity index (χ0v) is 13.6. The van der Waals surface area contributed by atoms with Crippen LogP contribution < -0.4 is 10.6 Å². The normalized spacial score (nSPS) is 14.7. The maximum absolute atomic E-state index is 11.9. The number of aromatic nitrogens is 1. The minimum Gasteiger partial charge on any atom is -0.338 e. The molecule has 1 aliphatic carbocycles. The van der Waals surface area contributed by atoms with Gasteiger partial charge in [0, 0.05) is 12.2 Å². The zero-order chi connectivity index (χ0) is 15.4. The standard InChI is InChI=1S/C17H21N3OS/c1-12-19-15-11-14(7-8-16(15)22-12)20-17(21)18-10-9-13-5-3-2-4-6-13/h5,7-8,11H,2-4,6,9-10H2,1H3,(H2,18,20,21). The number of allylic oxidation sites excluding steroid dienone is 1. The van der Waals surface area contributed by atoms with Crippen molar-refractivity contribution in [1.82, 2.24) is 10.3 Å². The highest BCUT2D eigenvalue weighted by molar-refractivity contribution is 7.18. The van der Waals surface area contributed by atoms with Crippen LogP contribution in [0.3, 0.4) is 0 Å². The number of aryl methyl sites for hydroxylation is 1. The Morgan fingerprint density at radius 1 is 1.36 bits per heavy atom. The van der Waals surface area contributed by atoms with E-state index in [1.165, 1.54) is 31.3 Å². The maximum Gasteiger partial charge on any atom is 0.319 e. The third-order valence-corrected chi connectivity index (χ3v) is 4.82. The first-order valence-electron chi connectivity index (χ1n) is 7.81. The second kappa shape index (κ2) is 6.92. The number of hydrogen-bond donors (Lipinski definition) is 2. The van der Waals surface area contributed by atoms with Crippen LogP contribution >= 0.6 is 11.3 Å². The number of anilines is 1. The van der Waals surface area contributed by atoms with E-state index in [1.807, 2.05) is 25.1 Å². The summed E-state index contributed by atoms with van der Waals surface area (Å²) in [6, 6.07) is 5.69. The number of urea groups is 1. The monoisotopic (exact) mass is 315 g/mol. The minimum absolute atomic E-state index is 0.150. The van der Waals surface area contributed by atoms with E-state index in [1.54, 1.807) is 11.3 Å². The summed E-state index contributed by atoms with van der Waals surface area (Å²) < 4.78 is 1.15. The fourth-order valence-corrected chi connectivity index (χ4v) is 3.57. The summed E-state index contributed by atoms with van der Waals surface area (Å²) in [5, 5.41) is 6.84. The van der Waals surface area contributed by atoms with E-state index >= 15 is 0 Å². The number of nitrogens with zero attached hydrogens (tertiary/aromatic N) is 1. The van der Waals surface area contributed by atoms with Gasteiger partial charge in [0.2, 0.25) is 0 Å². The first-order valence-corrected chi connectivity index (χ1v) is 8.62. The van der Waals surface area contributed by atoms with E-state index in [4.69, 9.17) is 0 Å². The predicted molar refractivity (Wildman–Crippen MR) is 92.5 cm³/mol. The number of carbonyl (C=O) groups is 1. The Balaban J connectivity index is 1.50. The number of carbonyl (C=O) groups excluding carboxylic acids is 1. The molecule has 0 unspecified atom stereocenters. The van der Waals surface area contributed by atoms with E-state index < -0.39 is 0 Å². The summed E-state index contributed by atoms with van der Waals surface area (Å²) in [4.78, 5) is 16.4. The van der Waals surface area contributed by atoms with Gasteiger partial charge in [0.1, 0.15) is 0 Å². The van der Waals surface area contributed by atoms with Gasteiger partial charge in [0.25, 0.3) is 0 Å². The summed E-state index contributed by atoms with van der Waals surface area (Å²) >= 11 is 1.66. The van der Waals surface area contributed by atoms with Gasteiger partial charge in [-0.25, -0.2) is 9.78 Å². The van der Waals surface area contributed by atoms with Gasteiger partial charge >= 0.3 is 6.03 Å². The van der Waals surface area contributed by atoms with Gasteiger partial charge in [0.05, 0.1) is 15.2 Å². The van der Waals surface area contributed by atoms with Gasteiger partial charge in [-0.05, 0) is 57.2 Å². The highest BCUT2D eigenvalue weighted by Gasteiger charge is 2.06. The molecule has 4 nitrogen and oxygen atoms in total. The summed E-state index contributed by atoms with van der Waals surface area (Å²) in [5.74, 6) is 0. The van der Waals surface area contributed by atoms with Crippen LogP contribution in [-0.2, 0) is 0 Å². The fourth-order valence-electron chi connectivity index (χ4n) is 2.76. The Bertz CT molecular complexity index is 705. The van der Waals surface area contributed by atoms with Crippen molar-refractivity contribution in [3.8, 4) is 0 Å². The lowest BCUT2D eigenvalue weighted by Crippen LogP contribution is -2.29. The number of nitrogens with one attached hydrogen (secondary N) is 2. The minimum atomic E-state index is -0.150.